The number of likely N-dealkylation sites (N-methyl/N-ethyl adjacent to an activating group) is 1. The summed E-state index contributed by atoms with van der Waals surface area (Å²) in [5.74, 6) is -0.291. The van der Waals surface area contributed by atoms with E-state index in [0.717, 1.165) is 17.9 Å². The van der Waals surface area contributed by atoms with Crippen LogP contribution < -0.4 is 5.32 Å². The molecule has 0 bridgehead atoms. The van der Waals surface area contributed by atoms with Gasteiger partial charge < -0.3 is 5.32 Å². The zero-order chi connectivity index (χ0) is 14.5. The first-order valence-electron chi connectivity index (χ1n) is 6.56. The van der Waals surface area contributed by atoms with E-state index in [2.05, 4.69) is 15.3 Å². The van der Waals surface area contributed by atoms with E-state index in [1.54, 1.807) is 24.5 Å². The normalized spacial score (nSPS) is 12.4. The van der Waals surface area contributed by atoms with E-state index in [-0.39, 0.29) is 11.9 Å². The number of halogens is 2. The van der Waals surface area contributed by atoms with Gasteiger partial charge in [0.25, 0.3) is 0 Å². The van der Waals surface area contributed by atoms with Crippen molar-refractivity contribution in [2.24, 2.45) is 0 Å². The highest BCUT2D eigenvalue weighted by Crippen LogP contribution is 2.21. The molecule has 1 aromatic heterocycles. The third kappa shape index (κ3) is 3.74. The fraction of sp³-hybridized carbons (Fsp3) is 0.333. The maximum absolute atomic E-state index is 13.9. The van der Waals surface area contributed by atoms with Crippen LogP contribution in [0.1, 0.15) is 29.9 Å². The Hall–Kier alpha value is -1.52. The molecule has 0 spiro atoms. The molecule has 1 N–H and O–H groups in total. The molecule has 0 radical (unpaired) electrons. The van der Waals surface area contributed by atoms with Crippen LogP contribution in [0.5, 0.6) is 0 Å². The van der Waals surface area contributed by atoms with Crippen molar-refractivity contribution in [3.05, 3.63) is 58.4 Å². The Labute approximate surface area is 123 Å². The second-order valence-corrected chi connectivity index (χ2v) is 5.07. The minimum absolute atomic E-state index is 0.0659. The smallest absolute Gasteiger partial charge is 0.127 e. The van der Waals surface area contributed by atoms with E-state index < -0.39 is 0 Å². The largest absolute Gasteiger partial charge is 0.309 e. The number of benzene rings is 1. The summed E-state index contributed by atoms with van der Waals surface area (Å²) in [6.45, 7) is 4.67. The monoisotopic (exact) mass is 293 g/mol. The van der Waals surface area contributed by atoms with Gasteiger partial charge in [0, 0.05) is 11.2 Å². The van der Waals surface area contributed by atoms with Crippen molar-refractivity contribution < 1.29 is 4.39 Å². The maximum Gasteiger partial charge on any atom is 0.127 e. The van der Waals surface area contributed by atoms with Crippen LogP contribution in [-0.4, -0.2) is 16.5 Å². The summed E-state index contributed by atoms with van der Waals surface area (Å²) in [6, 6.07) is 4.68. The average Bonchev–Trinajstić information content (AvgIpc) is 2.42. The van der Waals surface area contributed by atoms with Crippen molar-refractivity contribution in [3.8, 4) is 0 Å². The van der Waals surface area contributed by atoms with Crippen LogP contribution in [0.2, 0.25) is 5.02 Å². The summed E-state index contributed by atoms with van der Waals surface area (Å²) >= 11 is 5.77. The van der Waals surface area contributed by atoms with E-state index in [4.69, 9.17) is 11.6 Å². The molecule has 0 fully saturated rings. The van der Waals surface area contributed by atoms with Gasteiger partial charge in [-0.25, -0.2) is 4.39 Å². The highest BCUT2D eigenvalue weighted by atomic mass is 35.5. The molecule has 2 aromatic rings. The molecule has 0 saturated carbocycles. The lowest BCUT2D eigenvalue weighted by atomic mass is 10.0. The summed E-state index contributed by atoms with van der Waals surface area (Å²) in [5.41, 5.74) is 2.29. The number of nitrogens with zero attached hydrogens (tertiary/aromatic N) is 2. The second-order valence-electron chi connectivity index (χ2n) is 4.63. The summed E-state index contributed by atoms with van der Waals surface area (Å²) in [7, 11) is 0. The van der Waals surface area contributed by atoms with E-state index in [0.29, 0.717) is 17.0 Å². The molecular formula is C15H17ClFN3. The number of hydrogen-bond donors (Lipinski definition) is 1. The quantitative estimate of drug-likeness (QED) is 0.917. The Morgan fingerprint density at radius 3 is 2.70 bits per heavy atom. The molecule has 0 aliphatic heterocycles. The maximum atomic E-state index is 13.9. The third-order valence-electron chi connectivity index (χ3n) is 3.05. The molecule has 2 rings (SSSR count). The highest BCUT2D eigenvalue weighted by Gasteiger charge is 2.15. The molecule has 5 heteroatoms. The molecule has 3 nitrogen and oxygen atoms in total. The standard InChI is InChI=1S/C15H17ClFN3/c1-3-18-14(15-9-19-10(2)8-20-15)6-11-4-5-12(16)7-13(11)17/h4-5,7-9,14,18H,3,6H2,1-2H3. The fourth-order valence-electron chi connectivity index (χ4n) is 2.02. The van der Waals surface area contributed by atoms with Gasteiger partial charge in [-0.3, -0.25) is 9.97 Å². The van der Waals surface area contributed by atoms with Gasteiger partial charge in [-0.1, -0.05) is 24.6 Å². The van der Waals surface area contributed by atoms with Crippen LogP contribution in [-0.2, 0) is 6.42 Å². The lowest BCUT2D eigenvalue weighted by Crippen LogP contribution is -2.24. The Morgan fingerprint density at radius 1 is 1.30 bits per heavy atom. The van der Waals surface area contributed by atoms with Crippen molar-refractivity contribution in [2.75, 3.05) is 6.54 Å². The van der Waals surface area contributed by atoms with Gasteiger partial charge in [-0.15, -0.1) is 0 Å². The van der Waals surface area contributed by atoms with Crippen LogP contribution in [0.15, 0.2) is 30.6 Å². The van der Waals surface area contributed by atoms with Gasteiger partial charge in [0.2, 0.25) is 0 Å². The van der Waals surface area contributed by atoms with Crippen molar-refractivity contribution >= 4 is 11.6 Å². The van der Waals surface area contributed by atoms with Crippen LogP contribution in [0, 0.1) is 12.7 Å². The van der Waals surface area contributed by atoms with Gasteiger partial charge in [-0.05, 0) is 37.6 Å². The Balaban J connectivity index is 2.22. The molecule has 20 heavy (non-hydrogen) atoms. The number of rotatable bonds is 5. The zero-order valence-corrected chi connectivity index (χ0v) is 12.3. The predicted molar refractivity (Wildman–Crippen MR) is 78.3 cm³/mol. The minimum Gasteiger partial charge on any atom is -0.309 e. The molecule has 0 saturated heterocycles. The first-order valence-corrected chi connectivity index (χ1v) is 6.93. The van der Waals surface area contributed by atoms with Crippen LogP contribution in [0.25, 0.3) is 0 Å². The summed E-state index contributed by atoms with van der Waals surface area (Å²) < 4.78 is 13.9. The number of aromatic nitrogens is 2. The van der Waals surface area contributed by atoms with Crippen LogP contribution in [0.3, 0.4) is 0 Å². The number of aryl methyl sites for hydroxylation is 1. The molecule has 1 aromatic carbocycles. The summed E-state index contributed by atoms with van der Waals surface area (Å²) in [6.07, 6.45) is 3.96. The zero-order valence-electron chi connectivity index (χ0n) is 11.5. The van der Waals surface area contributed by atoms with E-state index in [1.807, 2.05) is 13.8 Å². The van der Waals surface area contributed by atoms with Crippen molar-refractivity contribution in [1.29, 1.82) is 0 Å². The SMILES string of the molecule is CCNC(Cc1ccc(Cl)cc1F)c1cnc(C)cn1. The summed E-state index contributed by atoms with van der Waals surface area (Å²) in [5, 5.41) is 3.71. The lowest BCUT2D eigenvalue weighted by molar-refractivity contribution is 0.516. The van der Waals surface area contributed by atoms with Gasteiger partial charge in [0.15, 0.2) is 0 Å². The molecule has 0 amide bonds. The molecule has 106 valence electrons. The van der Waals surface area contributed by atoms with Gasteiger partial charge in [0.05, 0.1) is 23.6 Å². The molecular weight excluding hydrogens is 277 g/mol. The molecule has 1 unspecified atom stereocenters. The lowest BCUT2D eigenvalue weighted by Gasteiger charge is -2.17. The van der Waals surface area contributed by atoms with E-state index >= 15 is 0 Å². The van der Waals surface area contributed by atoms with Gasteiger partial charge in [0.1, 0.15) is 5.82 Å². The van der Waals surface area contributed by atoms with Gasteiger partial charge >= 0.3 is 0 Å². The average molecular weight is 294 g/mol. The molecule has 1 atom stereocenters. The predicted octanol–water partition coefficient (Wildman–Crippen LogP) is 3.47. The Morgan fingerprint density at radius 2 is 2.10 bits per heavy atom. The van der Waals surface area contributed by atoms with Gasteiger partial charge in [-0.2, -0.15) is 0 Å². The van der Waals surface area contributed by atoms with E-state index in [9.17, 15) is 4.39 Å². The second kappa shape index (κ2) is 6.77. The molecule has 0 aliphatic rings. The summed E-state index contributed by atoms with van der Waals surface area (Å²) in [4.78, 5) is 8.61. The van der Waals surface area contributed by atoms with Crippen LogP contribution in [0.4, 0.5) is 4.39 Å². The third-order valence-corrected chi connectivity index (χ3v) is 3.28. The highest BCUT2D eigenvalue weighted by molar-refractivity contribution is 6.30. The minimum atomic E-state index is -0.291. The molecule has 1 heterocycles. The fourth-order valence-corrected chi connectivity index (χ4v) is 2.18. The number of nitrogens with one attached hydrogen (secondary N) is 1. The number of hydrogen-bond acceptors (Lipinski definition) is 3. The van der Waals surface area contributed by atoms with Crippen molar-refractivity contribution in [1.82, 2.24) is 15.3 Å². The Kier molecular flexibility index (Phi) is 5.04. The molecule has 0 aliphatic carbocycles. The Bertz CT molecular complexity index is 572. The first-order chi connectivity index (χ1) is 9.60. The van der Waals surface area contributed by atoms with Crippen molar-refractivity contribution in [2.45, 2.75) is 26.3 Å². The van der Waals surface area contributed by atoms with E-state index in [1.165, 1.54) is 6.07 Å². The van der Waals surface area contributed by atoms with Crippen LogP contribution >= 0.6 is 11.6 Å². The first kappa shape index (κ1) is 14.9. The van der Waals surface area contributed by atoms with Crippen molar-refractivity contribution in [3.63, 3.8) is 0 Å². The topological polar surface area (TPSA) is 37.8 Å².